The molecule has 2 N–H and O–H groups in total. The Morgan fingerprint density at radius 3 is 2.53 bits per heavy atom. The lowest BCUT2D eigenvalue weighted by Gasteiger charge is -2.58. The molecule has 4 heterocycles. The van der Waals surface area contributed by atoms with E-state index in [0.717, 1.165) is 0 Å². The molecule has 1 aromatic heterocycles. The van der Waals surface area contributed by atoms with E-state index in [1.54, 1.807) is 26.8 Å². The molecule has 5 aliphatic rings. The second-order valence-electron chi connectivity index (χ2n) is 13.8. The summed E-state index contributed by atoms with van der Waals surface area (Å²) in [6.07, 6.45) is -1.35. The van der Waals surface area contributed by atoms with E-state index in [2.05, 4.69) is 6.58 Å². The molecule has 0 unspecified atom stereocenters. The van der Waals surface area contributed by atoms with Gasteiger partial charge in [0.25, 0.3) is 0 Å². The van der Waals surface area contributed by atoms with Gasteiger partial charge in [0.15, 0.2) is 17.5 Å². The van der Waals surface area contributed by atoms with Crippen LogP contribution in [0.25, 0.3) is 0 Å². The van der Waals surface area contributed by atoms with E-state index in [-0.39, 0.29) is 31.4 Å². The number of fused-ring (bicyclic) bond motifs is 6. The van der Waals surface area contributed by atoms with E-state index in [0.29, 0.717) is 12.0 Å². The Kier molecular flexibility index (Phi) is 6.80. The van der Waals surface area contributed by atoms with Crippen molar-refractivity contribution in [1.82, 2.24) is 0 Å². The van der Waals surface area contributed by atoms with Crippen LogP contribution in [0.2, 0.25) is 0 Å². The molecule has 5 fully saturated rings. The maximum absolute atomic E-state index is 14.0. The van der Waals surface area contributed by atoms with Gasteiger partial charge >= 0.3 is 17.9 Å². The van der Waals surface area contributed by atoms with Crippen molar-refractivity contribution in [2.45, 2.75) is 102 Å². The van der Waals surface area contributed by atoms with Crippen molar-refractivity contribution in [2.75, 3.05) is 6.61 Å². The van der Waals surface area contributed by atoms with Crippen molar-refractivity contribution < 1.29 is 52.8 Å². The van der Waals surface area contributed by atoms with Crippen LogP contribution < -0.4 is 0 Å². The third kappa shape index (κ3) is 3.83. The van der Waals surface area contributed by atoms with E-state index in [4.69, 9.17) is 23.4 Å². The van der Waals surface area contributed by atoms with E-state index in [1.165, 1.54) is 12.5 Å². The van der Waals surface area contributed by atoms with Crippen molar-refractivity contribution >= 4 is 23.7 Å². The van der Waals surface area contributed by atoms with Crippen LogP contribution in [-0.4, -0.2) is 76.1 Å². The molecule has 2 aliphatic carbocycles. The van der Waals surface area contributed by atoms with Gasteiger partial charge in [-0.2, -0.15) is 0 Å². The summed E-state index contributed by atoms with van der Waals surface area (Å²) in [5.41, 5.74) is -5.10. The van der Waals surface area contributed by atoms with E-state index >= 15 is 0 Å². The summed E-state index contributed by atoms with van der Waals surface area (Å²) in [6, 6.07) is 1.70. The minimum atomic E-state index is -2.17. The van der Waals surface area contributed by atoms with Crippen LogP contribution in [0.4, 0.5) is 0 Å². The van der Waals surface area contributed by atoms with Gasteiger partial charge in [0.2, 0.25) is 0 Å². The van der Waals surface area contributed by atoms with Crippen LogP contribution in [-0.2, 0) is 38.1 Å². The minimum Gasteiger partial charge on any atom is -0.472 e. The molecule has 11 heteroatoms. The molecular formula is C32H40O11. The summed E-state index contributed by atoms with van der Waals surface area (Å²) in [5.74, 6) is -4.92. The number of aliphatic hydroxyl groups is 2. The first kappa shape index (κ1) is 30.0. The quantitative estimate of drug-likeness (QED) is 0.291. The summed E-state index contributed by atoms with van der Waals surface area (Å²) < 4.78 is 29.4. The molecule has 2 saturated carbocycles. The van der Waals surface area contributed by atoms with Crippen LogP contribution in [0, 0.1) is 28.6 Å². The Morgan fingerprint density at radius 2 is 1.88 bits per heavy atom. The van der Waals surface area contributed by atoms with Crippen LogP contribution in [0.3, 0.4) is 0 Å². The van der Waals surface area contributed by atoms with Gasteiger partial charge in [-0.1, -0.05) is 40.7 Å². The standard InChI is InChI=1S/C32H40O11/c1-7-15(2)25(36)28(37)42-27-26-24(16(3)32(38)20(33)10-18(31(27,32)6)17-8-9-39-13-17)30(5)19-11-22(34)40-14-29(19,4)43-23(35)12-21(30)41-26/h8-9,13,15,18-19,21,24-27,36,38H,3,7,10-12,14H2,1-2,4-6H3/t15-,18-,19-,21-,24+,25+,26+,27-,29+,30+,31+,32+/m0/s1. The molecule has 0 aromatic carbocycles. The lowest BCUT2D eigenvalue weighted by molar-refractivity contribution is -0.216. The number of hydrogen-bond donors (Lipinski definition) is 2. The van der Waals surface area contributed by atoms with Crippen LogP contribution in [0.5, 0.6) is 0 Å². The largest absolute Gasteiger partial charge is 0.472 e. The highest BCUT2D eigenvalue weighted by molar-refractivity contribution is 5.96. The molecule has 0 bridgehead atoms. The number of ether oxygens (including phenoxy) is 4. The summed E-state index contributed by atoms with van der Waals surface area (Å²) in [7, 11) is 0. The smallest absolute Gasteiger partial charge is 0.335 e. The number of Topliss-reactive ketones (excluding diaryl/α,β-unsaturated/α-hetero) is 1. The zero-order valence-corrected chi connectivity index (χ0v) is 25.2. The summed E-state index contributed by atoms with van der Waals surface area (Å²) in [4.78, 5) is 53.4. The maximum Gasteiger partial charge on any atom is 0.335 e. The third-order valence-electron chi connectivity index (χ3n) is 11.7. The molecule has 6 rings (SSSR count). The van der Waals surface area contributed by atoms with E-state index < -0.39 is 93.8 Å². The van der Waals surface area contributed by atoms with E-state index in [9.17, 15) is 29.4 Å². The molecule has 3 saturated heterocycles. The average molecular weight is 601 g/mol. The lowest BCUT2D eigenvalue weighted by Crippen LogP contribution is -2.68. The highest BCUT2D eigenvalue weighted by Gasteiger charge is 2.79. The number of rotatable bonds is 5. The summed E-state index contributed by atoms with van der Waals surface area (Å²) in [6.45, 7) is 13.0. The summed E-state index contributed by atoms with van der Waals surface area (Å²) >= 11 is 0. The number of esters is 3. The first-order valence-electron chi connectivity index (χ1n) is 15.0. The van der Waals surface area contributed by atoms with Crippen molar-refractivity contribution in [3.8, 4) is 0 Å². The molecule has 0 amide bonds. The zero-order valence-electron chi connectivity index (χ0n) is 25.2. The third-order valence-corrected chi connectivity index (χ3v) is 11.7. The SMILES string of the molecule is C=C1[C@@H]2[C@@H](O[C@H]3CC(=O)O[C@]4(C)COC(=O)C[C@@H]4[C@]32C)[C@H](OC(=O)[C@H](O)[C@@H](C)CC)[C@@]2(C)[C@H](c3ccoc3)CC(=O)[C@]12O. The fraction of sp³-hybridized carbons (Fsp3) is 0.688. The highest BCUT2D eigenvalue weighted by Crippen LogP contribution is 2.70. The fourth-order valence-electron chi connectivity index (χ4n) is 9.07. The lowest BCUT2D eigenvalue weighted by atomic mass is 9.48. The van der Waals surface area contributed by atoms with Gasteiger partial charge in [-0.15, -0.1) is 0 Å². The Balaban J connectivity index is 1.54. The molecule has 0 spiro atoms. The highest BCUT2D eigenvalue weighted by atomic mass is 16.6. The Bertz CT molecular complexity index is 1370. The number of carbonyl (C=O) groups is 4. The Morgan fingerprint density at radius 1 is 1.16 bits per heavy atom. The van der Waals surface area contributed by atoms with Gasteiger partial charge in [-0.25, -0.2) is 4.79 Å². The van der Waals surface area contributed by atoms with Gasteiger partial charge in [-0.3, -0.25) is 14.4 Å². The van der Waals surface area contributed by atoms with Crippen molar-refractivity contribution in [3.05, 3.63) is 36.3 Å². The second-order valence-corrected chi connectivity index (χ2v) is 13.8. The predicted octanol–water partition coefficient (Wildman–Crippen LogP) is 2.62. The van der Waals surface area contributed by atoms with Gasteiger partial charge in [0, 0.05) is 29.6 Å². The van der Waals surface area contributed by atoms with Crippen LogP contribution in [0.1, 0.15) is 71.8 Å². The number of aliphatic hydroxyl groups excluding tert-OH is 1. The van der Waals surface area contributed by atoms with Crippen LogP contribution >= 0.6 is 0 Å². The first-order valence-corrected chi connectivity index (χ1v) is 15.0. The zero-order chi connectivity index (χ0) is 31.3. The number of cyclic esters (lactones) is 1. The van der Waals surface area contributed by atoms with Gasteiger partial charge in [-0.05, 0) is 30.0 Å². The molecule has 3 aliphatic heterocycles. The molecule has 11 nitrogen and oxygen atoms in total. The van der Waals surface area contributed by atoms with Gasteiger partial charge < -0.3 is 33.6 Å². The van der Waals surface area contributed by atoms with Gasteiger partial charge in [0.05, 0.1) is 36.9 Å². The molecule has 234 valence electrons. The number of hydrogen-bond acceptors (Lipinski definition) is 11. The molecule has 43 heavy (non-hydrogen) atoms. The normalized spacial score (nSPS) is 45.1. The Labute approximate surface area is 249 Å². The maximum atomic E-state index is 14.0. The minimum absolute atomic E-state index is 0.0812. The Hall–Kier alpha value is -3.02. The molecule has 12 atom stereocenters. The second kappa shape index (κ2) is 9.74. The average Bonchev–Trinajstić information content (AvgIpc) is 3.63. The molecule has 1 aromatic rings. The first-order chi connectivity index (χ1) is 20.1. The van der Waals surface area contributed by atoms with Crippen molar-refractivity contribution in [2.24, 2.45) is 28.6 Å². The predicted molar refractivity (Wildman–Crippen MR) is 147 cm³/mol. The van der Waals surface area contributed by atoms with Crippen molar-refractivity contribution in [1.29, 1.82) is 0 Å². The van der Waals surface area contributed by atoms with E-state index in [1.807, 2.05) is 13.8 Å². The van der Waals surface area contributed by atoms with Crippen molar-refractivity contribution in [3.63, 3.8) is 0 Å². The monoisotopic (exact) mass is 600 g/mol. The van der Waals surface area contributed by atoms with Crippen LogP contribution in [0.15, 0.2) is 35.2 Å². The number of ketones is 1. The van der Waals surface area contributed by atoms with Gasteiger partial charge in [0.1, 0.15) is 24.4 Å². The molecular weight excluding hydrogens is 560 g/mol. The summed E-state index contributed by atoms with van der Waals surface area (Å²) in [5, 5.41) is 23.5. The number of carbonyl (C=O) groups excluding carboxylic acids is 4. The molecule has 0 radical (unpaired) electrons. The topological polar surface area (TPSA) is 159 Å². The number of furan rings is 1. The fourth-order valence-corrected chi connectivity index (χ4v) is 9.07.